The minimum atomic E-state index is -0.538. The molecule has 35 heavy (non-hydrogen) atoms. The molecule has 0 radical (unpaired) electrons. The van der Waals surface area contributed by atoms with Crippen molar-refractivity contribution in [3.05, 3.63) is 87.3 Å². The second kappa shape index (κ2) is 11.5. The second-order valence-corrected chi connectivity index (χ2v) is 9.16. The van der Waals surface area contributed by atoms with Gasteiger partial charge in [0.15, 0.2) is 5.17 Å². The molecule has 0 saturated heterocycles. The third-order valence-electron chi connectivity index (χ3n) is 5.46. The standard InChI is InChI=1S/C25H25ClN4O4S/c1-16-22(24(32)34-10-9-33-2)23(18-6-3-7-19(26)11-18)30-20(15-35-25(30)29-16)12-21(31)28-14-17-5-4-8-27-13-17/h3-8,11,13,15,23H,9-10,12,14H2,1-2H3,(H,28,31)/t23-/m1/s1. The predicted octanol–water partition coefficient (Wildman–Crippen LogP) is 4.21. The zero-order valence-corrected chi connectivity index (χ0v) is 20.9. The Hall–Kier alpha value is -3.14. The monoisotopic (exact) mass is 512 g/mol. The number of allylic oxidation sites excluding steroid dienone is 1. The zero-order chi connectivity index (χ0) is 24.8. The molecule has 1 amide bonds. The molecule has 0 bridgehead atoms. The number of carbonyl (C=O) groups excluding carboxylic acids is 2. The van der Waals surface area contributed by atoms with E-state index in [4.69, 9.17) is 21.1 Å². The number of nitrogens with one attached hydrogen (secondary N) is 1. The van der Waals surface area contributed by atoms with Crippen LogP contribution in [0.1, 0.15) is 30.5 Å². The van der Waals surface area contributed by atoms with Crippen LogP contribution in [0.2, 0.25) is 5.02 Å². The molecule has 4 rings (SSSR count). The molecule has 0 saturated carbocycles. The first-order chi connectivity index (χ1) is 17.0. The van der Waals surface area contributed by atoms with Gasteiger partial charge in [-0.15, -0.1) is 0 Å². The van der Waals surface area contributed by atoms with E-state index in [2.05, 4.69) is 15.3 Å². The number of thioether (sulfide) groups is 1. The fourth-order valence-corrected chi connectivity index (χ4v) is 5.01. The van der Waals surface area contributed by atoms with Crippen molar-refractivity contribution in [3.63, 3.8) is 0 Å². The number of ether oxygens (including phenoxy) is 2. The Kier molecular flexibility index (Phi) is 8.22. The summed E-state index contributed by atoms with van der Waals surface area (Å²) in [4.78, 5) is 36.6. The number of amidine groups is 1. The van der Waals surface area contributed by atoms with Crippen molar-refractivity contribution in [1.82, 2.24) is 15.2 Å². The van der Waals surface area contributed by atoms with Crippen molar-refractivity contribution >= 4 is 40.4 Å². The number of hydrogen-bond acceptors (Lipinski definition) is 8. The van der Waals surface area contributed by atoms with Crippen LogP contribution in [0.4, 0.5) is 0 Å². The zero-order valence-electron chi connectivity index (χ0n) is 19.4. The third kappa shape index (κ3) is 5.93. The number of aliphatic imine (C=N–C) groups is 1. The smallest absolute Gasteiger partial charge is 0.338 e. The Morgan fingerprint density at radius 2 is 2.09 bits per heavy atom. The van der Waals surface area contributed by atoms with Crippen LogP contribution < -0.4 is 5.32 Å². The maximum atomic E-state index is 13.2. The lowest BCUT2D eigenvalue weighted by Crippen LogP contribution is -2.38. The second-order valence-electron chi connectivity index (χ2n) is 7.89. The highest BCUT2D eigenvalue weighted by molar-refractivity contribution is 8.16. The molecule has 0 unspecified atom stereocenters. The van der Waals surface area contributed by atoms with E-state index in [0.29, 0.717) is 28.0 Å². The van der Waals surface area contributed by atoms with Crippen LogP contribution in [0.15, 0.2) is 76.2 Å². The molecule has 10 heteroatoms. The molecule has 2 aromatic rings. The molecule has 1 N–H and O–H groups in total. The number of hydrogen-bond donors (Lipinski definition) is 1. The molecule has 1 atom stereocenters. The molecule has 2 aliphatic rings. The lowest BCUT2D eigenvalue weighted by Gasteiger charge is -2.36. The Balaban J connectivity index is 1.59. The van der Waals surface area contributed by atoms with Crippen LogP contribution in [-0.2, 0) is 25.6 Å². The Morgan fingerprint density at radius 1 is 1.23 bits per heavy atom. The van der Waals surface area contributed by atoms with Gasteiger partial charge in [0.05, 0.1) is 30.3 Å². The number of fused-ring (bicyclic) bond motifs is 1. The van der Waals surface area contributed by atoms with Crippen LogP contribution >= 0.6 is 23.4 Å². The topological polar surface area (TPSA) is 93.1 Å². The van der Waals surface area contributed by atoms with Crippen molar-refractivity contribution in [2.24, 2.45) is 4.99 Å². The first kappa shape index (κ1) is 25.0. The van der Waals surface area contributed by atoms with Gasteiger partial charge in [-0.05, 0) is 41.7 Å². The molecule has 0 aliphatic carbocycles. The number of methoxy groups -OCH3 is 1. The predicted molar refractivity (Wildman–Crippen MR) is 135 cm³/mol. The molecule has 2 aliphatic heterocycles. The van der Waals surface area contributed by atoms with E-state index in [1.165, 1.54) is 11.8 Å². The van der Waals surface area contributed by atoms with Gasteiger partial charge in [0.2, 0.25) is 5.91 Å². The molecule has 1 aromatic heterocycles. The van der Waals surface area contributed by atoms with E-state index in [1.807, 2.05) is 40.6 Å². The summed E-state index contributed by atoms with van der Waals surface area (Å²) in [6.45, 7) is 2.57. The van der Waals surface area contributed by atoms with Crippen LogP contribution in [0.5, 0.6) is 0 Å². The number of rotatable bonds is 9. The number of aromatic nitrogens is 1. The normalized spacial score (nSPS) is 17.0. The first-order valence-electron chi connectivity index (χ1n) is 11.0. The number of esters is 1. The first-order valence-corrected chi connectivity index (χ1v) is 12.2. The van der Waals surface area contributed by atoms with E-state index < -0.39 is 12.0 Å². The van der Waals surface area contributed by atoms with E-state index in [0.717, 1.165) is 16.8 Å². The highest BCUT2D eigenvalue weighted by Gasteiger charge is 2.41. The Morgan fingerprint density at radius 3 is 2.83 bits per heavy atom. The van der Waals surface area contributed by atoms with Crippen LogP contribution in [0.25, 0.3) is 0 Å². The van der Waals surface area contributed by atoms with E-state index in [9.17, 15) is 9.59 Å². The lowest BCUT2D eigenvalue weighted by molar-refractivity contribution is -0.141. The fourth-order valence-electron chi connectivity index (χ4n) is 3.85. The minimum Gasteiger partial charge on any atom is -0.460 e. The average Bonchev–Trinajstić information content (AvgIpc) is 3.24. The minimum absolute atomic E-state index is 0.119. The number of benzene rings is 1. The summed E-state index contributed by atoms with van der Waals surface area (Å²) in [6.07, 6.45) is 3.52. The summed E-state index contributed by atoms with van der Waals surface area (Å²) in [6, 6.07) is 10.5. The summed E-state index contributed by atoms with van der Waals surface area (Å²) in [7, 11) is 1.54. The van der Waals surface area contributed by atoms with Crippen molar-refractivity contribution < 1.29 is 19.1 Å². The van der Waals surface area contributed by atoms with Gasteiger partial charge in [-0.2, -0.15) is 0 Å². The molecular weight excluding hydrogens is 488 g/mol. The van der Waals surface area contributed by atoms with Gasteiger partial charge >= 0.3 is 5.97 Å². The summed E-state index contributed by atoms with van der Waals surface area (Å²) in [5.74, 6) is -0.633. The average molecular weight is 513 g/mol. The largest absolute Gasteiger partial charge is 0.460 e. The molecule has 182 valence electrons. The van der Waals surface area contributed by atoms with E-state index in [-0.39, 0.29) is 25.5 Å². The van der Waals surface area contributed by atoms with Crippen LogP contribution in [-0.4, -0.2) is 47.3 Å². The van der Waals surface area contributed by atoms with Gasteiger partial charge in [0, 0.05) is 36.8 Å². The Labute approximate surface area is 213 Å². The van der Waals surface area contributed by atoms with Crippen molar-refractivity contribution in [2.45, 2.75) is 25.9 Å². The quantitative estimate of drug-likeness (QED) is 0.397. The maximum absolute atomic E-state index is 13.2. The molecular formula is C25H25ClN4O4S. The number of halogens is 1. The van der Waals surface area contributed by atoms with E-state index in [1.54, 1.807) is 32.5 Å². The SMILES string of the molecule is COCCOC(=O)C1=C(C)N=C2SC=C(CC(=O)NCc3cccnc3)N2[C@@H]1c1cccc(Cl)c1. The van der Waals surface area contributed by atoms with Gasteiger partial charge in [0.25, 0.3) is 0 Å². The molecule has 1 aromatic carbocycles. The van der Waals surface area contributed by atoms with Crippen molar-refractivity contribution in [1.29, 1.82) is 0 Å². The summed E-state index contributed by atoms with van der Waals surface area (Å²) in [5, 5.41) is 6.06. The number of pyridine rings is 1. The van der Waals surface area contributed by atoms with Gasteiger partial charge in [-0.25, -0.2) is 9.79 Å². The highest BCUT2D eigenvalue weighted by atomic mass is 35.5. The van der Waals surface area contributed by atoms with Gasteiger partial charge in [0.1, 0.15) is 6.61 Å². The van der Waals surface area contributed by atoms with Crippen molar-refractivity contribution in [2.75, 3.05) is 20.3 Å². The van der Waals surface area contributed by atoms with Crippen LogP contribution in [0, 0.1) is 0 Å². The molecule has 3 heterocycles. The van der Waals surface area contributed by atoms with Gasteiger partial charge in [-0.1, -0.05) is 41.6 Å². The van der Waals surface area contributed by atoms with Crippen molar-refractivity contribution in [3.8, 4) is 0 Å². The summed E-state index contributed by atoms with van der Waals surface area (Å²) in [5.41, 5.74) is 3.40. The third-order valence-corrected chi connectivity index (χ3v) is 6.58. The highest BCUT2D eigenvalue weighted by Crippen LogP contribution is 2.45. The van der Waals surface area contributed by atoms with Gasteiger partial charge in [-0.3, -0.25) is 9.78 Å². The number of amides is 1. The number of carbonyl (C=O) groups is 2. The van der Waals surface area contributed by atoms with Gasteiger partial charge < -0.3 is 19.7 Å². The molecule has 0 fully saturated rings. The fraction of sp³-hybridized carbons (Fsp3) is 0.280. The summed E-state index contributed by atoms with van der Waals surface area (Å²) < 4.78 is 10.5. The lowest BCUT2D eigenvalue weighted by atomic mass is 9.94. The molecule has 8 nitrogen and oxygen atoms in total. The summed E-state index contributed by atoms with van der Waals surface area (Å²) >= 11 is 7.72. The molecule has 0 spiro atoms. The maximum Gasteiger partial charge on any atom is 0.338 e. The Bertz CT molecular complexity index is 1200. The van der Waals surface area contributed by atoms with E-state index >= 15 is 0 Å². The van der Waals surface area contributed by atoms with Crippen LogP contribution in [0.3, 0.4) is 0 Å². The number of nitrogens with zero attached hydrogens (tertiary/aromatic N) is 3.